The molecule has 0 N–H and O–H groups in total. The Bertz CT molecular complexity index is 1160. The Morgan fingerprint density at radius 2 is 2.00 bits per heavy atom. The molecule has 0 aliphatic rings. The number of imidazole rings is 2. The van der Waals surface area contributed by atoms with Crippen molar-refractivity contribution in [2.45, 2.75) is 18.1 Å². The van der Waals surface area contributed by atoms with E-state index in [-0.39, 0.29) is 0 Å². The quantitative estimate of drug-likeness (QED) is 0.442. The number of rotatable bonds is 3. The first-order valence-electron chi connectivity index (χ1n) is 8.00. The second-order valence-electron chi connectivity index (χ2n) is 5.82. The van der Waals surface area contributed by atoms with Crippen LogP contribution in [0.15, 0.2) is 35.6 Å². The van der Waals surface area contributed by atoms with Crippen LogP contribution in [0.3, 0.4) is 0 Å². The third kappa shape index (κ3) is 3.04. The maximum absolute atomic E-state index is 13.0. The van der Waals surface area contributed by atoms with E-state index in [0.717, 1.165) is 23.0 Å². The van der Waals surface area contributed by atoms with Gasteiger partial charge in [-0.25, -0.2) is 15.0 Å². The zero-order valence-corrected chi connectivity index (χ0v) is 15.8. The maximum Gasteiger partial charge on any atom is 0.433 e. The van der Waals surface area contributed by atoms with Crippen molar-refractivity contribution in [3.8, 4) is 11.5 Å². The Hall–Kier alpha value is -2.26. The Balaban J connectivity index is 1.96. The summed E-state index contributed by atoms with van der Waals surface area (Å²) in [5.74, 6) is 1.27. The summed E-state index contributed by atoms with van der Waals surface area (Å²) in [7, 11) is 1.67. The van der Waals surface area contributed by atoms with Gasteiger partial charge >= 0.3 is 6.18 Å². The van der Waals surface area contributed by atoms with E-state index >= 15 is 0 Å². The van der Waals surface area contributed by atoms with Gasteiger partial charge in [0.05, 0.1) is 11.7 Å². The third-order valence-corrected chi connectivity index (χ3v) is 5.28. The lowest BCUT2D eigenvalue weighted by Gasteiger charge is -2.06. The standard InChI is InChI=1S/C17H13ClF3N5S/c1-3-27-16-14(24-13-6-9(18)4-5-26(13)16)15-23-10-8-22-12(17(19,20)21)7-11(10)25(15)2/h4-8H,3H2,1-2H3. The molecule has 0 radical (unpaired) electrons. The van der Waals surface area contributed by atoms with Crippen LogP contribution in [0.2, 0.25) is 5.02 Å². The Labute approximate surface area is 161 Å². The highest BCUT2D eigenvalue weighted by Gasteiger charge is 2.33. The molecule has 10 heteroatoms. The molecular formula is C17H13ClF3N5S. The van der Waals surface area contributed by atoms with Crippen molar-refractivity contribution in [3.63, 3.8) is 0 Å². The Morgan fingerprint density at radius 3 is 2.70 bits per heavy atom. The van der Waals surface area contributed by atoms with E-state index in [4.69, 9.17) is 11.6 Å². The molecule has 0 atom stereocenters. The molecule has 0 saturated heterocycles. The number of hydrogen-bond acceptors (Lipinski definition) is 4. The Morgan fingerprint density at radius 1 is 1.22 bits per heavy atom. The van der Waals surface area contributed by atoms with Crippen LogP contribution in [0.1, 0.15) is 12.6 Å². The first kappa shape index (κ1) is 18.1. The number of alkyl halides is 3. The van der Waals surface area contributed by atoms with Crippen molar-refractivity contribution in [1.82, 2.24) is 23.9 Å². The van der Waals surface area contributed by atoms with Crippen LogP contribution in [0.25, 0.3) is 28.2 Å². The van der Waals surface area contributed by atoms with Crippen LogP contribution < -0.4 is 0 Å². The highest BCUT2D eigenvalue weighted by molar-refractivity contribution is 7.99. The molecule has 0 spiro atoms. The summed E-state index contributed by atoms with van der Waals surface area (Å²) in [5, 5.41) is 1.41. The van der Waals surface area contributed by atoms with Crippen molar-refractivity contribution < 1.29 is 13.2 Å². The number of aromatic nitrogens is 5. The molecule has 0 amide bonds. The zero-order chi connectivity index (χ0) is 19.3. The first-order chi connectivity index (χ1) is 12.8. The van der Waals surface area contributed by atoms with Crippen molar-refractivity contribution in [2.75, 3.05) is 5.75 Å². The number of fused-ring (bicyclic) bond motifs is 2. The zero-order valence-electron chi connectivity index (χ0n) is 14.3. The van der Waals surface area contributed by atoms with Gasteiger partial charge < -0.3 is 4.57 Å². The fraction of sp³-hybridized carbons (Fsp3) is 0.235. The molecule has 5 nitrogen and oxygen atoms in total. The first-order valence-corrected chi connectivity index (χ1v) is 9.36. The number of aryl methyl sites for hydroxylation is 1. The molecule has 4 heterocycles. The lowest BCUT2D eigenvalue weighted by molar-refractivity contribution is -0.141. The van der Waals surface area contributed by atoms with Gasteiger partial charge in [-0.3, -0.25) is 4.40 Å². The molecule has 4 rings (SSSR count). The predicted molar refractivity (Wildman–Crippen MR) is 99.1 cm³/mol. The predicted octanol–water partition coefficient (Wildman–Crippen LogP) is 5.07. The number of pyridine rings is 2. The normalized spacial score (nSPS) is 12.4. The summed E-state index contributed by atoms with van der Waals surface area (Å²) in [5.41, 5.74) is 1.01. The monoisotopic (exact) mass is 411 g/mol. The topological polar surface area (TPSA) is 48.0 Å². The number of nitrogens with zero attached hydrogens (tertiary/aromatic N) is 5. The lowest BCUT2D eigenvalue weighted by atomic mass is 10.3. The lowest BCUT2D eigenvalue weighted by Crippen LogP contribution is -2.07. The molecule has 0 aromatic carbocycles. The van der Waals surface area contributed by atoms with Gasteiger partial charge in [-0.1, -0.05) is 18.5 Å². The summed E-state index contributed by atoms with van der Waals surface area (Å²) in [6.45, 7) is 2.01. The minimum absolute atomic E-state index is 0.342. The van der Waals surface area contributed by atoms with Gasteiger partial charge in [0.15, 0.2) is 5.82 Å². The molecule has 0 unspecified atom stereocenters. The summed E-state index contributed by atoms with van der Waals surface area (Å²) >= 11 is 7.64. The molecular weight excluding hydrogens is 399 g/mol. The molecule has 0 aliphatic carbocycles. The van der Waals surface area contributed by atoms with E-state index < -0.39 is 11.9 Å². The fourth-order valence-corrected chi connectivity index (χ4v) is 3.87. The van der Waals surface area contributed by atoms with Crippen molar-refractivity contribution >= 4 is 40.0 Å². The molecule has 4 aromatic rings. The number of hydrogen-bond donors (Lipinski definition) is 0. The smallest absolute Gasteiger partial charge is 0.326 e. The number of halogens is 4. The van der Waals surface area contributed by atoms with Crippen molar-refractivity contribution in [3.05, 3.63) is 41.3 Å². The van der Waals surface area contributed by atoms with Gasteiger partial charge in [0.2, 0.25) is 0 Å². The van der Waals surface area contributed by atoms with E-state index in [1.807, 2.05) is 17.5 Å². The van der Waals surface area contributed by atoms with E-state index in [1.54, 1.807) is 35.5 Å². The average Bonchev–Trinajstić information content (AvgIpc) is 3.12. The van der Waals surface area contributed by atoms with Crippen LogP contribution in [-0.4, -0.2) is 29.7 Å². The third-order valence-electron chi connectivity index (χ3n) is 4.09. The second-order valence-corrected chi connectivity index (χ2v) is 7.51. The fourth-order valence-electron chi connectivity index (χ4n) is 2.88. The SMILES string of the molecule is CCSc1c(-c2nc3cnc(C(F)(F)F)cc3n2C)nc2cc(Cl)ccn12. The summed E-state index contributed by atoms with van der Waals surface area (Å²) in [4.78, 5) is 12.6. The van der Waals surface area contributed by atoms with Crippen LogP contribution in [-0.2, 0) is 13.2 Å². The number of thioether (sulfide) groups is 1. The molecule has 140 valence electrons. The van der Waals surface area contributed by atoms with E-state index in [0.29, 0.717) is 33.2 Å². The molecule has 27 heavy (non-hydrogen) atoms. The van der Waals surface area contributed by atoms with Crippen molar-refractivity contribution in [1.29, 1.82) is 0 Å². The van der Waals surface area contributed by atoms with Crippen molar-refractivity contribution in [2.24, 2.45) is 7.05 Å². The maximum atomic E-state index is 13.0. The summed E-state index contributed by atoms with van der Waals surface area (Å²) < 4.78 is 42.5. The van der Waals surface area contributed by atoms with Crippen LogP contribution >= 0.6 is 23.4 Å². The van der Waals surface area contributed by atoms with E-state index in [1.165, 1.54) is 0 Å². The van der Waals surface area contributed by atoms with Crippen LogP contribution in [0.4, 0.5) is 13.2 Å². The molecule has 0 bridgehead atoms. The van der Waals surface area contributed by atoms with Gasteiger partial charge in [0.25, 0.3) is 0 Å². The molecule has 0 saturated carbocycles. The van der Waals surface area contributed by atoms with Gasteiger partial charge in [-0.05, 0) is 17.9 Å². The van der Waals surface area contributed by atoms with Gasteiger partial charge in [-0.2, -0.15) is 13.2 Å². The summed E-state index contributed by atoms with van der Waals surface area (Å²) in [6.07, 6.45) is -1.55. The Kier molecular flexibility index (Phi) is 4.31. The second kappa shape index (κ2) is 6.42. The summed E-state index contributed by atoms with van der Waals surface area (Å²) in [6, 6.07) is 4.50. The van der Waals surface area contributed by atoms with E-state index in [2.05, 4.69) is 15.0 Å². The van der Waals surface area contributed by atoms with Gasteiger partial charge in [0.1, 0.15) is 27.6 Å². The highest BCUT2D eigenvalue weighted by atomic mass is 35.5. The van der Waals surface area contributed by atoms with Gasteiger partial charge in [-0.15, -0.1) is 11.8 Å². The largest absolute Gasteiger partial charge is 0.433 e. The van der Waals surface area contributed by atoms with Crippen LogP contribution in [0, 0.1) is 0 Å². The molecule has 4 aromatic heterocycles. The molecule has 0 fully saturated rings. The van der Waals surface area contributed by atoms with Crippen LogP contribution in [0.5, 0.6) is 0 Å². The average molecular weight is 412 g/mol. The van der Waals surface area contributed by atoms with E-state index in [9.17, 15) is 13.2 Å². The van der Waals surface area contributed by atoms with Gasteiger partial charge in [0, 0.05) is 24.3 Å². The minimum atomic E-state index is -4.51. The minimum Gasteiger partial charge on any atom is -0.326 e. The highest BCUT2D eigenvalue weighted by Crippen LogP contribution is 2.35. The molecule has 0 aliphatic heterocycles.